The van der Waals surface area contributed by atoms with Gasteiger partial charge in [0.1, 0.15) is 12.4 Å². The number of methoxy groups -OCH3 is 1. The molecular weight excluding hydrogens is 280 g/mol. The van der Waals surface area contributed by atoms with Gasteiger partial charge in [-0.2, -0.15) is 0 Å². The molecule has 2 heterocycles. The average Bonchev–Trinajstić information content (AvgIpc) is 3.00. The van der Waals surface area contributed by atoms with Crippen LogP contribution in [0.15, 0.2) is 55.0 Å². The summed E-state index contributed by atoms with van der Waals surface area (Å²) in [7, 11) is 3.58. The molecule has 0 atom stereocenters. The highest BCUT2D eigenvalue weighted by Gasteiger charge is 2.13. The van der Waals surface area contributed by atoms with Gasteiger partial charge >= 0.3 is 0 Å². The second kappa shape index (κ2) is 6.36. The molecule has 1 N–H and O–H groups in total. The summed E-state index contributed by atoms with van der Waals surface area (Å²) in [5.74, 6) is 1.43. The quantitative estimate of drug-likeness (QED) is 0.914. The topological polar surface area (TPSA) is 49.9 Å². The van der Waals surface area contributed by atoms with E-state index in [0.717, 1.165) is 17.0 Å². The van der Waals surface area contributed by atoms with Crippen molar-refractivity contribution < 1.29 is 9.47 Å². The molecule has 0 fully saturated rings. The van der Waals surface area contributed by atoms with Gasteiger partial charge in [-0.15, -0.1) is 5.12 Å². The zero-order valence-corrected chi connectivity index (χ0v) is 12.6. The first-order chi connectivity index (χ1) is 10.8. The molecule has 1 aliphatic heterocycles. The number of hydrogen-bond donors (Lipinski definition) is 1. The minimum absolute atomic E-state index is 0.474. The van der Waals surface area contributed by atoms with Gasteiger partial charge in [-0.1, -0.05) is 12.1 Å². The summed E-state index contributed by atoms with van der Waals surface area (Å²) < 4.78 is 10.8. The Kier molecular flexibility index (Phi) is 4.11. The third-order valence-corrected chi connectivity index (χ3v) is 3.33. The van der Waals surface area contributed by atoms with Gasteiger partial charge in [-0.25, -0.2) is 4.98 Å². The van der Waals surface area contributed by atoms with E-state index in [4.69, 9.17) is 9.47 Å². The van der Waals surface area contributed by atoms with Gasteiger partial charge in [0.2, 0.25) is 5.88 Å². The van der Waals surface area contributed by atoms with E-state index in [2.05, 4.69) is 10.4 Å². The molecule has 0 bridgehead atoms. The number of ether oxygens (including phenoxy) is 2. The molecule has 2 aromatic rings. The van der Waals surface area contributed by atoms with E-state index >= 15 is 0 Å². The lowest BCUT2D eigenvalue weighted by atomic mass is 10.2. The molecule has 3 rings (SSSR count). The van der Waals surface area contributed by atoms with E-state index in [1.54, 1.807) is 13.3 Å². The fourth-order valence-electron chi connectivity index (χ4n) is 2.11. The van der Waals surface area contributed by atoms with Crippen molar-refractivity contribution in [3.63, 3.8) is 0 Å². The number of benzene rings is 1. The highest BCUT2D eigenvalue weighted by atomic mass is 16.5. The Morgan fingerprint density at radius 3 is 2.55 bits per heavy atom. The van der Waals surface area contributed by atoms with Crippen molar-refractivity contribution in [3.05, 3.63) is 60.6 Å². The Morgan fingerprint density at radius 1 is 1.14 bits per heavy atom. The van der Waals surface area contributed by atoms with Crippen LogP contribution in [0.25, 0.3) is 0 Å². The Hall–Kier alpha value is -2.73. The van der Waals surface area contributed by atoms with Crippen LogP contribution in [-0.4, -0.2) is 24.3 Å². The van der Waals surface area contributed by atoms with Crippen molar-refractivity contribution >= 4 is 5.69 Å². The van der Waals surface area contributed by atoms with Crippen molar-refractivity contribution in [2.75, 3.05) is 19.2 Å². The zero-order chi connectivity index (χ0) is 15.4. The Labute approximate surface area is 129 Å². The van der Waals surface area contributed by atoms with E-state index in [1.165, 1.54) is 0 Å². The molecule has 114 valence electrons. The third-order valence-electron chi connectivity index (χ3n) is 3.33. The molecule has 1 aliphatic rings. The molecular formula is C16H18N4O2. The first kappa shape index (κ1) is 14.2. The molecule has 6 heteroatoms. The fourth-order valence-corrected chi connectivity index (χ4v) is 2.11. The van der Waals surface area contributed by atoms with E-state index in [-0.39, 0.29) is 0 Å². The van der Waals surface area contributed by atoms with Crippen molar-refractivity contribution in [1.29, 1.82) is 0 Å². The number of aromatic nitrogens is 1. The van der Waals surface area contributed by atoms with Gasteiger partial charge in [0.15, 0.2) is 0 Å². The first-order valence-electron chi connectivity index (χ1n) is 6.94. The van der Waals surface area contributed by atoms with Crippen LogP contribution in [0.5, 0.6) is 11.6 Å². The average molecular weight is 298 g/mol. The lowest BCUT2D eigenvalue weighted by Gasteiger charge is -2.24. The van der Waals surface area contributed by atoms with Gasteiger partial charge in [0.05, 0.1) is 19.0 Å². The van der Waals surface area contributed by atoms with Gasteiger partial charge in [0, 0.05) is 25.5 Å². The highest BCUT2D eigenvalue weighted by Crippen LogP contribution is 2.20. The molecule has 0 unspecified atom stereocenters. The first-order valence-corrected chi connectivity index (χ1v) is 6.94. The molecule has 0 amide bonds. The molecule has 0 radical (unpaired) electrons. The molecule has 0 spiro atoms. The maximum atomic E-state index is 5.69. The summed E-state index contributed by atoms with van der Waals surface area (Å²) in [6.07, 6.45) is 5.56. The van der Waals surface area contributed by atoms with E-state index < -0.39 is 0 Å². The summed E-state index contributed by atoms with van der Waals surface area (Å²) >= 11 is 0. The third kappa shape index (κ3) is 3.12. The summed E-state index contributed by atoms with van der Waals surface area (Å²) in [6.45, 7) is 0.474. The van der Waals surface area contributed by atoms with Gasteiger partial charge in [-0.05, 0) is 23.8 Å². The number of anilines is 1. The molecule has 22 heavy (non-hydrogen) atoms. The molecule has 0 aliphatic carbocycles. The number of nitrogens with zero attached hydrogens (tertiary/aromatic N) is 3. The van der Waals surface area contributed by atoms with Crippen molar-refractivity contribution in [2.45, 2.75) is 6.61 Å². The molecule has 1 aromatic carbocycles. The van der Waals surface area contributed by atoms with Crippen LogP contribution in [-0.2, 0) is 6.61 Å². The van der Waals surface area contributed by atoms with Crippen LogP contribution < -0.4 is 19.9 Å². The van der Waals surface area contributed by atoms with Crippen LogP contribution in [0.3, 0.4) is 0 Å². The van der Waals surface area contributed by atoms with Gasteiger partial charge in [-0.3, -0.25) is 5.01 Å². The molecule has 6 nitrogen and oxygen atoms in total. The van der Waals surface area contributed by atoms with Crippen LogP contribution in [0.2, 0.25) is 0 Å². The van der Waals surface area contributed by atoms with Crippen LogP contribution in [0.4, 0.5) is 5.69 Å². The number of rotatable bonds is 5. The van der Waals surface area contributed by atoms with Crippen molar-refractivity contribution in [3.8, 4) is 11.6 Å². The largest absolute Gasteiger partial charge is 0.497 e. The normalized spacial score (nSPS) is 14.0. The van der Waals surface area contributed by atoms with Crippen LogP contribution in [0.1, 0.15) is 5.56 Å². The summed E-state index contributed by atoms with van der Waals surface area (Å²) in [6, 6.07) is 11.6. The maximum absolute atomic E-state index is 5.69. The zero-order valence-electron chi connectivity index (χ0n) is 12.6. The number of hydrogen-bond acceptors (Lipinski definition) is 6. The molecule has 0 saturated heterocycles. The lowest BCUT2D eigenvalue weighted by molar-refractivity contribution is 0.291. The Morgan fingerprint density at radius 2 is 1.95 bits per heavy atom. The number of pyridine rings is 1. The molecule has 0 saturated carbocycles. The number of hydrazine groups is 2. The van der Waals surface area contributed by atoms with Crippen molar-refractivity contribution in [2.24, 2.45) is 0 Å². The number of nitrogens with one attached hydrogen (secondary N) is 1. The van der Waals surface area contributed by atoms with Gasteiger partial charge < -0.3 is 14.9 Å². The van der Waals surface area contributed by atoms with Crippen molar-refractivity contribution in [1.82, 2.24) is 15.5 Å². The SMILES string of the molecule is COc1ccc(COc2ccc(N3C=CNN3C)cn2)cc1. The standard InChI is InChI=1S/C16H18N4O2/c1-19-18-9-10-20(19)14-5-8-16(17-11-14)22-12-13-3-6-15(21-2)7-4-13/h3-11,18H,12H2,1-2H3. The lowest BCUT2D eigenvalue weighted by Crippen LogP contribution is -2.37. The van der Waals surface area contributed by atoms with Crippen LogP contribution in [0, 0.1) is 0 Å². The van der Waals surface area contributed by atoms with E-state index in [9.17, 15) is 0 Å². The predicted octanol–water partition coefficient (Wildman–Crippen LogP) is 2.31. The highest BCUT2D eigenvalue weighted by molar-refractivity contribution is 5.47. The summed E-state index contributed by atoms with van der Waals surface area (Å²) in [5, 5.41) is 3.80. The minimum atomic E-state index is 0.474. The molecule has 1 aromatic heterocycles. The van der Waals surface area contributed by atoms with E-state index in [1.807, 2.05) is 66.0 Å². The predicted molar refractivity (Wildman–Crippen MR) is 84.1 cm³/mol. The summed E-state index contributed by atoms with van der Waals surface area (Å²) in [4.78, 5) is 4.33. The monoisotopic (exact) mass is 298 g/mol. The smallest absolute Gasteiger partial charge is 0.213 e. The van der Waals surface area contributed by atoms with Crippen LogP contribution >= 0.6 is 0 Å². The second-order valence-electron chi connectivity index (χ2n) is 4.80. The summed E-state index contributed by atoms with van der Waals surface area (Å²) in [5.41, 5.74) is 5.07. The Bertz CT molecular complexity index is 640. The van der Waals surface area contributed by atoms with Gasteiger partial charge in [0.25, 0.3) is 0 Å². The fraction of sp³-hybridized carbons (Fsp3) is 0.188. The van der Waals surface area contributed by atoms with E-state index in [0.29, 0.717) is 12.5 Å². The maximum Gasteiger partial charge on any atom is 0.213 e. The second-order valence-corrected chi connectivity index (χ2v) is 4.80. The minimum Gasteiger partial charge on any atom is -0.497 e. The Balaban J connectivity index is 1.59.